The highest BCUT2D eigenvalue weighted by Gasteiger charge is 2.57. The van der Waals surface area contributed by atoms with Crippen LogP contribution in [0.15, 0.2) is 11.6 Å². The van der Waals surface area contributed by atoms with Crippen molar-refractivity contribution < 1.29 is 19.1 Å². The Bertz CT molecular complexity index is 624. The van der Waals surface area contributed by atoms with Crippen molar-refractivity contribution in [3.63, 3.8) is 0 Å². The first-order valence-electron chi connectivity index (χ1n) is 10.4. The van der Waals surface area contributed by atoms with E-state index < -0.39 is 0 Å². The van der Waals surface area contributed by atoms with Crippen LogP contribution in [0.1, 0.15) is 72.1 Å². The highest BCUT2D eigenvalue weighted by Crippen LogP contribution is 2.62. The van der Waals surface area contributed by atoms with Crippen molar-refractivity contribution in [2.75, 3.05) is 0 Å². The summed E-state index contributed by atoms with van der Waals surface area (Å²) >= 11 is 0. The maximum Gasteiger partial charge on any atom is 0.303 e. The summed E-state index contributed by atoms with van der Waals surface area (Å²) in [4.78, 5) is 22.8. The molecular weight excluding hydrogens is 328 g/mol. The zero-order valence-corrected chi connectivity index (χ0v) is 16.3. The average Bonchev–Trinajstić information content (AvgIpc) is 2.90. The van der Waals surface area contributed by atoms with Gasteiger partial charge < -0.3 is 9.47 Å². The Morgan fingerprint density at radius 1 is 0.962 bits per heavy atom. The average molecular weight is 360 g/mol. The third-order valence-electron chi connectivity index (χ3n) is 7.95. The van der Waals surface area contributed by atoms with E-state index in [9.17, 15) is 9.59 Å². The number of allylic oxidation sites excluding steroid dienone is 1. The van der Waals surface area contributed by atoms with E-state index in [-0.39, 0.29) is 29.6 Å². The van der Waals surface area contributed by atoms with Gasteiger partial charge in [-0.1, -0.05) is 12.5 Å². The van der Waals surface area contributed by atoms with E-state index in [0.717, 1.165) is 37.5 Å². The van der Waals surface area contributed by atoms with Crippen molar-refractivity contribution >= 4 is 11.9 Å². The molecule has 0 N–H and O–H groups in total. The minimum absolute atomic E-state index is 0.0102. The molecule has 0 aromatic carbocycles. The Hall–Kier alpha value is -1.32. The van der Waals surface area contributed by atoms with Gasteiger partial charge in [0.25, 0.3) is 0 Å². The first-order chi connectivity index (χ1) is 12.4. The van der Waals surface area contributed by atoms with E-state index in [1.807, 2.05) is 0 Å². The maximum absolute atomic E-state index is 11.5. The molecule has 4 heteroatoms. The van der Waals surface area contributed by atoms with Gasteiger partial charge in [-0.05, 0) is 81.1 Å². The van der Waals surface area contributed by atoms with Gasteiger partial charge >= 0.3 is 11.9 Å². The number of ether oxygens (including phenoxy) is 2. The lowest BCUT2D eigenvalue weighted by molar-refractivity contribution is -0.156. The molecule has 0 radical (unpaired) electrons. The van der Waals surface area contributed by atoms with Crippen molar-refractivity contribution in [2.45, 2.75) is 84.3 Å². The smallest absolute Gasteiger partial charge is 0.303 e. The fourth-order valence-electron chi connectivity index (χ4n) is 6.95. The van der Waals surface area contributed by atoms with E-state index in [1.54, 1.807) is 12.5 Å². The minimum atomic E-state index is -0.171. The van der Waals surface area contributed by atoms with Gasteiger partial charge in [0, 0.05) is 19.3 Å². The van der Waals surface area contributed by atoms with Crippen molar-refractivity contribution in [3.05, 3.63) is 11.6 Å². The van der Waals surface area contributed by atoms with Crippen molar-refractivity contribution in [3.8, 4) is 0 Å². The van der Waals surface area contributed by atoms with Crippen LogP contribution in [0, 0.1) is 29.1 Å². The van der Waals surface area contributed by atoms with Crippen molar-refractivity contribution in [1.82, 2.24) is 0 Å². The molecule has 0 saturated heterocycles. The molecule has 3 saturated carbocycles. The molecule has 4 aliphatic carbocycles. The van der Waals surface area contributed by atoms with Crippen LogP contribution >= 0.6 is 0 Å². The normalized spacial score (nSPS) is 44.2. The van der Waals surface area contributed by atoms with Crippen LogP contribution in [-0.4, -0.2) is 24.1 Å². The number of carbonyl (C=O) groups excluding carboxylic acids is 2. The quantitative estimate of drug-likeness (QED) is 0.540. The predicted octanol–water partition coefficient (Wildman–Crippen LogP) is 4.42. The molecule has 7 atom stereocenters. The molecule has 0 aromatic rings. The lowest BCUT2D eigenvalue weighted by Gasteiger charge is -2.53. The number of hydrogen-bond acceptors (Lipinski definition) is 4. The highest BCUT2D eigenvalue weighted by molar-refractivity contribution is 5.66. The van der Waals surface area contributed by atoms with E-state index in [4.69, 9.17) is 9.47 Å². The van der Waals surface area contributed by atoms with Crippen LogP contribution in [0.25, 0.3) is 0 Å². The fraction of sp³-hybridized carbons (Fsp3) is 0.818. The lowest BCUT2D eigenvalue weighted by Crippen LogP contribution is -2.48. The molecule has 4 aliphatic rings. The van der Waals surface area contributed by atoms with Gasteiger partial charge in [0.1, 0.15) is 12.2 Å². The Morgan fingerprint density at radius 2 is 1.73 bits per heavy atom. The highest BCUT2D eigenvalue weighted by atomic mass is 16.5. The second kappa shape index (κ2) is 6.69. The van der Waals surface area contributed by atoms with Crippen LogP contribution in [-0.2, 0) is 19.1 Å². The number of hydrogen-bond donors (Lipinski definition) is 0. The van der Waals surface area contributed by atoms with Crippen molar-refractivity contribution in [1.29, 1.82) is 0 Å². The Balaban J connectivity index is 1.50. The monoisotopic (exact) mass is 360 g/mol. The zero-order chi connectivity index (χ0) is 18.5. The summed E-state index contributed by atoms with van der Waals surface area (Å²) in [5, 5.41) is 0. The summed E-state index contributed by atoms with van der Waals surface area (Å²) in [6, 6.07) is 0. The molecule has 0 heterocycles. The molecule has 0 spiro atoms. The van der Waals surface area contributed by atoms with Gasteiger partial charge in [-0.15, -0.1) is 0 Å². The molecule has 0 aliphatic heterocycles. The standard InChI is InChI=1S/C22H32O4/c1-13(23)25-16-5-7-17-15(12-16)4-6-19-18(17)10-11-22(3)20(19)8-9-21(22)26-14(2)24/h12,16-21H,4-11H2,1-3H3/t16-,17-,18+,19+,20-,21-,22-/m0/s1. The van der Waals surface area contributed by atoms with E-state index in [1.165, 1.54) is 32.6 Å². The predicted molar refractivity (Wildman–Crippen MR) is 98.2 cm³/mol. The summed E-state index contributed by atoms with van der Waals surface area (Å²) in [6.45, 7) is 5.42. The molecule has 4 rings (SSSR count). The van der Waals surface area contributed by atoms with Crippen LogP contribution < -0.4 is 0 Å². The molecular formula is C22H32O4. The summed E-state index contributed by atoms with van der Waals surface area (Å²) in [6.07, 6.45) is 11.5. The third-order valence-corrected chi connectivity index (χ3v) is 7.95. The molecule has 0 amide bonds. The van der Waals surface area contributed by atoms with Crippen molar-refractivity contribution in [2.24, 2.45) is 29.1 Å². The number of carbonyl (C=O) groups is 2. The number of esters is 2. The largest absolute Gasteiger partial charge is 0.462 e. The first kappa shape index (κ1) is 18.1. The van der Waals surface area contributed by atoms with Gasteiger partial charge in [-0.25, -0.2) is 0 Å². The molecule has 144 valence electrons. The summed E-state index contributed by atoms with van der Waals surface area (Å²) in [5.41, 5.74) is 1.71. The zero-order valence-electron chi connectivity index (χ0n) is 16.3. The van der Waals surface area contributed by atoms with Gasteiger partial charge in [0.05, 0.1) is 0 Å². The summed E-state index contributed by atoms with van der Waals surface area (Å²) < 4.78 is 11.2. The third kappa shape index (κ3) is 2.99. The van der Waals surface area contributed by atoms with Gasteiger partial charge in [-0.3, -0.25) is 9.59 Å². The summed E-state index contributed by atoms with van der Waals surface area (Å²) in [5.74, 6) is 2.60. The number of fused-ring (bicyclic) bond motifs is 5. The summed E-state index contributed by atoms with van der Waals surface area (Å²) in [7, 11) is 0. The fourth-order valence-corrected chi connectivity index (χ4v) is 6.95. The molecule has 0 bridgehead atoms. The van der Waals surface area contributed by atoms with Gasteiger partial charge in [0.2, 0.25) is 0 Å². The van der Waals surface area contributed by atoms with Gasteiger partial charge in [0.15, 0.2) is 0 Å². The van der Waals surface area contributed by atoms with Crippen LogP contribution in [0.2, 0.25) is 0 Å². The topological polar surface area (TPSA) is 52.6 Å². The number of rotatable bonds is 2. The van der Waals surface area contributed by atoms with Crippen LogP contribution in [0.3, 0.4) is 0 Å². The SMILES string of the molecule is CC(=O)O[C@@H]1C=C2CC[C@@H]3[C@H](CC[C@]4(C)[C@@H](OC(C)=O)CC[C@@H]34)[C@H]2CC1. The Labute approximate surface area is 156 Å². The Morgan fingerprint density at radius 3 is 2.46 bits per heavy atom. The molecule has 26 heavy (non-hydrogen) atoms. The molecule has 4 nitrogen and oxygen atoms in total. The second-order valence-corrected chi connectivity index (χ2v) is 9.27. The minimum Gasteiger partial charge on any atom is -0.462 e. The molecule has 0 aromatic heterocycles. The second-order valence-electron chi connectivity index (χ2n) is 9.27. The van der Waals surface area contributed by atoms with Crippen LogP contribution in [0.5, 0.6) is 0 Å². The molecule has 0 unspecified atom stereocenters. The molecule has 3 fully saturated rings. The van der Waals surface area contributed by atoms with E-state index >= 15 is 0 Å². The first-order valence-corrected chi connectivity index (χ1v) is 10.4. The lowest BCUT2D eigenvalue weighted by atomic mass is 9.52. The van der Waals surface area contributed by atoms with E-state index in [2.05, 4.69) is 13.0 Å². The van der Waals surface area contributed by atoms with Crippen LogP contribution in [0.4, 0.5) is 0 Å². The Kier molecular flexibility index (Phi) is 4.65. The maximum atomic E-state index is 11.5. The van der Waals surface area contributed by atoms with Gasteiger partial charge in [-0.2, -0.15) is 0 Å². The van der Waals surface area contributed by atoms with E-state index in [0.29, 0.717) is 11.8 Å².